The number of carbonyl (C=O) groups is 1. The van der Waals surface area contributed by atoms with Crippen LogP contribution >= 0.6 is 11.6 Å². The van der Waals surface area contributed by atoms with Crippen LogP contribution < -0.4 is 5.73 Å². The molecule has 2 aliphatic carbocycles. The number of nitrogens with zero attached hydrogens (tertiary/aromatic N) is 2. The molecule has 6 nitrogen and oxygen atoms in total. The molecule has 0 spiro atoms. The molecule has 3 rings (SSSR count). The van der Waals surface area contributed by atoms with E-state index in [1.807, 2.05) is 4.90 Å². The highest BCUT2D eigenvalue weighted by Crippen LogP contribution is 2.37. The Labute approximate surface area is 127 Å². The van der Waals surface area contributed by atoms with Crippen molar-refractivity contribution in [2.24, 2.45) is 5.92 Å². The largest absolute Gasteiger partial charge is 0.397 e. The van der Waals surface area contributed by atoms with Crippen molar-refractivity contribution in [2.45, 2.75) is 31.7 Å². The zero-order valence-electron chi connectivity index (χ0n) is 11.4. The summed E-state index contributed by atoms with van der Waals surface area (Å²) in [5.74, 6) is 0.317. The Morgan fingerprint density at radius 3 is 2.57 bits per heavy atom. The first kappa shape index (κ1) is 14.1. The number of halogens is 1. The number of nitro benzene ring substituents is 1. The summed E-state index contributed by atoms with van der Waals surface area (Å²) >= 11 is 5.92. The van der Waals surface area contributed by atoms with Crippen LogP contribution in [0.1, 0.15) is 36.0 Å². The van der Waals surface area contributed by atoms with Crippen molar-refractivity contribution in [3.05, 3.63) is 32.8 Å². The van der Waals surface area contributed by atoms with Crippen LogP contribution in [0.15, 0.2) is 12.1 Å². The van der Waals surface area contributed by atoms with E-state index in [1.165, 1.54) is 12.1 Å². The fraction of sp³-hybridized carbons (Fsp3) is 0.500. The van der Waals surface area contributed by atoms with E-state index >= 15 is 0 Å². The van der Waals surface area contributed by atoms with Gasteiger partial charge in [-0.05, 0) is 31.6 Å². The van der Waals surface area contributed by atoms with Gasteiger partial charge in [0.05, 0.1) is 21.2 Å². The molecule has 2 fully saturated rings. The minimum Gasteiger partial charge on any atom is -0.397 e. The quantitative estimate of drug-likeness (QED) is 0.514. The second kappa shape index (κ2) is 5.18. The molecular weight excluding hydrogens is 294 g/mol. The van der Waals surface area contributed by atoms with E-state index in [4.69, 9.17) is 17.3 Å². The highest BCUT2D eigenvalue weighted by molar-refractivity contribution is 6.34. The summed E-state index contributed by atoms with van der Waals surface area (Å²) in [4.78, 5) is 24.9. The smallest absolute Gasteiger partial charge is 0.271 e. The van der Waals surface area contributed by atoms with Crippen LogP contribution in [0.25, 0.3) is 0 Å². The summed E-state index contributed by atoms with van der Waals surface area (Å²) in [7, 11) is 0. The Balaban J connectivity index is 1.93. The van der Waals surface area contributed by atoms with E-state index in [0.29, 0.717) is 12.5 Å². The Morgan fingerprint density at radius 1 is 1.38 bits per heavy atom. The molecular formula is C14H16ClN3O3. The van der Waals surface area contributed by atoms with Crippen LogP contribution in [0.4, 0.5) is 11.4 Å². The first-order valence-corrected chi connectivity index (χ1v) is 7.39. The number of nitrogen functional groups attached to an aromatic ring is 1. The molecule has 2 aliphatic rings. The minimum absolute atomic E-state index is 0.0507. The van der Waals surface area contributed by atoms with Gasteiger partial charge in [-0.3, -0.25) is 14.9 Å². The van der Waals surface area contributed by atoms with Crippen molar-refractivity contribution in [2.75, 3.05) is 12.3 Å². The molecule has 0 aliphatic heterocycles. The van der Waals surface area contributed by atoms with Gasteiger partial charge < -0.3 is 10.6 Å². The molecule has 0 atom stereocenters. The first-order chi connectivity index (χ1) is 9.97. The Hall–Kier alpha value is -1.82. The van der Waals surface area contributed by atoms with E-state index < -0.39 is 4.92 Å². The fourth-order valence-electron chi connectivity index (χ4n) is 2.40. The maximum atomic E-state index is 12.7. The molecule has 0 bridgehead atoms. The molecule has 2 saturated carbocycles. The normalized spacial score (nSPS) is 17.6. The van der Waals surface area contributed by atoms with Crippen molar-refractivity contribution >= 4 is 28.9 Å². The van der Waals surface area contributed by atoms with Crippen LogP contribution in [-0.4, -0.2) is 28.3 Å². The van der Waals surface area contributed by atoms with Gasteiger partial charge in [-0.1, -0.05) is 11.6 Å². The summed E-state index contributed by atoms with van der Waals surface area (Å²) in [6.45, 7) is 0.712. The van der Waals surface area contributed by atoms with Crippen molar-refractivity contribution < 1.29 is 9.72 Å². The van der Waals surface area contributed by atoms with E-state index in [-0.39, 0.29) is 33.9 Å². The molecule has 1 aromatic rings. The van der Waals surface area contributed by atoms with Gasteiger partial charge in [-0.25, -0.2) is 0 Å². The number of amides is 1. The molecule has 1 aromatic carbocycles. The molecule has 0 unspecified atom stereocenters. The predicted octanol–water partition coefficient (Wildman–Crippen LogP) is 2.85. The third-order valence-corrected chi connectivity index (χ3v) is 4.27. The van der Waals surface area contributed by atoms with Crippen LogP contribution in [0.3, 0.4) is 0 Å². The number of rotatable bonds is 5. The molecule has 2 N–H and O–H groups in total. The van der Waals surface area contributed by atoms with Crippen molar-refractivity contribution in [1.29, 1.82) is 0 Å². The van der Waals surface area contributed by atoms with Gasteiger partial charge in [0.25, 0.3) is 11.6 Å². The first-order valence-electron chi connectivity index (χ1n) is 7.01. The van der Waals surface area contributed by atoms with Gasteiger partial charge in [0.2, 0.25) is 0 Å². The zero-order chi connectivity index (χ0) is 15.1. The Morgan fingerprint density at radius 2 is 2.05 bits per heavy atom. The lowest BCUT2D eigenvalue weighted by Crippen LogP contribution is -2.35. The number of carbonyl (C=O) groups excluding carboxylic acids is 1. The third-order valence-electron chi connectivity index (χ3n) is 3.96. The Kier molecular flexibility index (Phi) is 3.49. The molecule has 0 aromatic heterocycles. The van der Waals surface area contributed by atoms with E-state index in [1.54, 1.807) is 0 Å². The topological polar surface area (TPSA) is 89.5 Å². The van der Waals surface area contributed by atoms with Crippen LogP contribution in [0, 0.1) is 16.0 Å². The van der Waals surface area contributed by atoms with Crippen molar-refractivity contribution in [1.82, 2.24) is 4.90 Å². The zero-order valence-corrected chi connectivity index (χ0v) is 12.2. The monoisotopic (exact) mass is 309 g/mol. The lowest BCUT2D eigenvalue weighted by Gasteiger charge is -2.23. The third kappa shape index (κ3) is 2.95. The maximum Gasteiger partial charge on any atom is 0.271 e. The number of nitro groups is 1. The van der Waals surface area contributed by atoms with Crippen LogP contribution in [0.5, 0.6) is 0 Å². The van der Waals surface area contributed by atoms with Crippen molar-refractivity contribution in [3.8, 4) is 0 Å². The molecule has 0 saturated heterocycles. The van der Waals surface area contributed by atoms with Gasteiger partial charge >= 0.3 is 0 Å². The number of hydrogen-bond donors (Lipinski definition) is 1. The molecule has 1 amide bonds. The average molecular weight is 310 g/mol. The van der Waals surface area contributed by atoms with E-state index in [2.05, 4.69) is 0 Å². The van der Waals surface area contributed by atoms with Gasteiger partial charge in [-0.15, -0.1) is 0 Å². The number of non-ortho nitro benzene ring substituents is 1. The summed E-state index contributed by atoms with van der Waals surface area (Å²) < 4.78 is 0. The second-order valence-corrected chi connectivity index (χ2v) is 6.19. The lowest BCUT2D eigenvalue weighted by atomic mass is 10.1. The lowest BCUT2D eigenvalue weighted by molar-refractivity contribution is -0.384. The molecule has 112 valence electrons. The standard InChI is InChI=1S/C14H16ClN3O3/c15-12-6-10(18(20)21)5-11(13(12)16)14(19)17(9-3-4-9)7-8-1-2-8/h5-6,8-9H,1-4,7,16H2. The summed E-state index contributed by atoms with van der Waals surface area (Å²) in [6, 6.07) is 2.65. The highest BCUT2D eigenvalue weighted by atomic mass is 35.5. The average Bonchev–Trinajstić information content (AvgIpc) is 3.31. The second-order valence-electron chi connectivity index (χ2n) is 5.78. The molecule has 7 heteroatoms. The molecule has 0 heterocycles. The van der Waals surface area contributed by atoms with Gasteiger partial charge in [0, 0.05) is 24.7 Å². The minimum atomic E-state index is -0.565. The van der Waals surface area contributed by atoms with Crippen LogP contribution in [0.2, 0.25) is 5.02 Å². The van der Waals surface area contributed by atoms with Gasteiger partial charge in [0.1, 0.15) is 0 Å². The van der Waals surface area contributed by atoms with E-state index in [0.717, 1.165) is 25.7 Å². The van der Waals surface area contributed by atoms with Crippen molar-refractivity contribution in [3.63, 3.8) is 0 Å². The molecule has 0 radical (unpaired) electrons. The number of anilines is 1. The summed E-state index contributed by atoms with van der Waals surface area (Å²) in [5.41, 5.74) is 5.91. The van der Waals surface area contributed by atoms with E-state index in [9.17, 15) is 14.9 Å². The summed E-state index contributed by atoms with van der Waals surface area (Å²) in [6.07, 6.45) is 4.26. The van der Waals surface area contributed by atoms with Gasteiger partial charge in [-0.2, -0.15) is 0 Å². The number of hydrogen-bond acceptors (Lipinski definition) is 4. The molecule has 21 heavy (non-hydrogen) atoms. The SMILES string of the molecule is Nc1c(Cl)cc([N+](=O)[O-])cc1C(=O)N(CC1CC1)C1CC1. The maximum absolute atomic E-state index is 12.7. The number of benzene rings is 1. The Bertz CT molecular complexity index is 612. The van der Waals surface area contributed by atoms with Crippen LogP contribution in [-0.2, 0) is 0 Å². The summed E-state index contributed by atoms with van der Waals surface area (Å²) in [5, 5.41) is 11.0. The highest BCUT2D eigenvalue weighted by Gasteiger charge is 2.37. The number of nitrogens with two attached hydrogens (primary N) is 1. The fourth-order valence-corrected chi connectivity index (χ4v) is 2.62. The predicted molar refractivity (Wildman–Crippen MR) is 79.3 cm³/mol. The van der Waals surface area contributed by atoms with Gasteiger partial charge in [0.15, 0.2) is 0 Å².